The summed E-state index contributed by atoms with van der Waals surface area (Å²) in [7, 11) is 0. The van der Waals surface area contributed by atoms with Crippen LogP contribution in [-0.2, 0) is 0 Å². The van der Waals surface area contributed by atoms with Crippen molar-refractivity contribution in [2.75, 3.05) is 0 Å². The molecular formula is C15H10BrNO. The Morgan fingerprint density at radius 1 is 1.00 bits per heavy atom. The van der Waals surface area contributed by atoms with Gasteiger partial charge in [0, 0.05) is 21.6 Å². The van der Waals surface area contributed by atoms with Crippen molar-refractivity contribution in [1.29, 1.82) is 0 Å². The molecule has 0 atom stereocenters. The second-order valence-corrected chi connectivity index (χ2v) is 4.94. The minimum Gasteiger partial charge on any atom is -0.508 e. The molecule has 2 aromatic carbocycles. The normalized spacial score (nSPS) is 10.7. The van der Waals surface area contributed by atoms with Crippen LogP contribution in [0.1, 0.15) is 0 Å². The second kappa shape index (κ2) is 4.42. The molecule has 2 nitrogen and oxygen atoms in total. The molecule has 1 aromatic heterocycles. The van der Waals surface area contributed by atoms with Crippen molar-refractivity contribution in [2.45, 2.75) is 0 Å². The number of benzene rings is 2. The van der Waals surface area contributed by atoms with Gasteiger partial charge >= 0.3 is 0 Å². The van der Waals surface area contributed by atoms with Gasteiger partial charge < -0.3 is 5.11 Å². The van der Waals surface area contributed by atoms with Crippen LogP contribution in [0.5, 0.6) is 5.75 Å². The third-order valence-corrected chi connectivity index (χ3v) is 3.54. The van der Waals surface area contributed by atoms with E-state index in [1.807, 2.05) is 42.6 Å². The summed E-state index contributed by atoms with van der Waals surface area (Å²) in [5.74, 6) is 0.258. The molecule has 0 aliphatic heterocycles. The fourth-order valence-electron chi connectivity index (χ4n) is 1.96. The summed E-state index contributed by atoms with van der Waals surface area (Å²) < 4.78 is 1.03. The molecular weight excluding hydrogens is 290 g/mol. The first-order chi connectivity index (χ1) is 8.74. The lowest BCUT2D eigenvalue weighted by molar-refractivity contribution is 0.476. The summed E-state index contributed by atoms with van der Waals surface area (Å²) in [6.45, 7) is 0. The average molecular weight is 300 g/mol. The van der Waals surface area contributed by atoms with Crippen molar-refractivity contribution < 1.29 is 5.11 Å². The number of halogens is 1. The van der Waals surface area contributed by atoms with Crippen LogP contribution < -0.4 is 0 Å². The van der Waals surface area contributed by atoms with E-state index in [4.69, 9.17) is 0 Å². The highest BCUT2D eigenvalue weighted by Crippen LogP contribution is 2.30. The fourth-order valence-corrected chi connectivity index (χ4v) is 2.48. The number of hydrogen-bond acceptors (Lipinski definition) is 2. The van der Waals surface area contributed by atoms with E-state index < -0.39 is 0 Å². The molecule has 3 heteroatoms. The van der Waals surface area contributed by atoms with Crippen molar-refractivity contribution in [3.8, 4) is 16.9 Å². The highest BCUT2D eigenvalue weighted by Gasteiger charge is 2.04. The van der Waals surface area contributed by atoms with E-state index in [1.165, 1.54) is 0 Å². The second-order valence-electron chi connectivity index (χ2n) is 4.08. The Hall–Kier alpha value is -1.87. The number of fused-ring (bicyclic) bond motifs is 1. The SMILES string of the molecule is Oc1ccc2ncc(-c3ccccc3Br)cc2c1. The standard InChI is InChI=1S/C15H10BrNO/c16-14-4-2-1-3-13(14)11-7-10-8-12(18)5-6-15(10)17-9-11/h1-9,18H. The third-order valence-electron chi connectivity index (χ3n) is 2.85. The topological polar surface area (TPSA) is 33.1 Å². The lowest BCUT2D eigenvalue weighted by atomic mass is 10.1. The van der Waals surface area contributed by atoms with Crippen LogP contribution in [0.3, 0.4) is 0 Å². The molecule has 0 unspecified atom stereocenters. The van der Waals surface area contributed by atoms with Crippen molar-refractivity contribution >= 4 is 26.8 Å². The number of rotatable bonds is 1. The average Bonchev–Trinajstić information content (AvgIpc) is 2.38. The Morgan fingerprint density at radius 3 is 2.67 bits per heavy atom. The van der Waals surface area contributed by atoms with Crippen LogP contribution in [0.15, 0.2) is 59.2 Å². The van der Waals surface area contributed by atoms with E-state index >= 15 is 0 Å². The van der Waals surface area contributed by atoms with Gasteiger partial charge in [-0.15, -0.1) is 0 Å². The largest absolute Gasteiger partial charge is 0.508 e. The Bertz CT molecular complexity index is 725. The van der Waals surface area contributed by atoms with Crippen LogP contribution in [0.2, 0.25) is 0 Å². The molecule has 0 saturated carbocycles. The Balaban J connectivity index is 2.22. The van der Waals surface area contributed by atoms with Gasteiger partial charge in [-0.3, -0.25) is 4.98 Å². The van der Waals surface area contributed by atoms with Crippen molar-refractivity contribution in [3.63, 3.8) is 0 Å². The van der Waals surface area contributed by atoms with Crippen LogP contribution >= 0.6 is 15.9 Å². The van der Waals surface area contributed by atoms with E-state index in [0.29, 0.717) is 0 Å². The van der Waals surface area contributed by atoms with Gasteiger partial charge in [0.1, 0.15) is 5.75 Å². The zero-order valence-corrected chi connectivity index (χ0v) is 11.1. The fraction of sp³-hybridized carbons (Fsp3) is 0. The van der Waals surface area contributed by atoms with Gasteiger partial charge in [-0.25, -0.2) is 0 Å². The number of aromatic nitrogens is 1. The molecule has 0 aliphatic carbocycles. The van der Waals surface area contributed by atoms with Gasteiger partial charge in [0.2, 0.25) is 0 Å². The molecule has 3 aromatic rings. The Kier molecular flexibility index (Phi) is 2.76. The smallest absolute Gasteiger partial charge is 0.116 e. The van der Waals surface area contributed by atoms with Gasteiger partial charge in [-0.1, -0.05) is 34.1 Å². The van der Waals surface area contributed by atoms with Crippen molar-refractivity contribution in [3.05, 3.63) is 59.2 Å². The first-order valence-electron chi connectivity index (χ1n) is 5.58. The third kappa shape index (κ3) is 1.97. The first kappa shape index (κ1) is 11.2. The molecule has 18 heavy (non-hydrogen) atoms. The lowest BCUT2D eigenvalue weighted by Crippen LogP contribution is -1.84. The van der Waals surface area contributed by atoms with Crippen molar-refractivity contribution in [1.82, 2.24) is 4.98 Å². The number of hydrogen-bond donors (Lipinski definition) is 1. The van der Waals surface area contributed by atoms with Gasteiger partial charge in [0.05, 0.1) is 5.52 Å². The molecule has 0 bridgehead atoms. The molecule has 0 saturated heterocycles. The van der Waals surface area contributed by atoms with E-state index in [-0.39, 0.29) is 5.75 Å². The quantitative estimate of drug-likeness (QED) is 0.724. The zero-order chi connectivity index (χ0) is 12.5. The maximum absolute atomic E-state index is 9.51. The zero-order valence-electron chi connectivity index (χ0n) is 9.47. The molecule has 0 spiro atoms. The molecule has 0 fully saturated rings. The summed E-state index contributed by atoms with van der Waals surface area (Å²) in [6, 6.07) is 15.2. The first-order valence-corrected chi connectivity index (χ1v) is 6.37. The summed E-state index contributed by atoms with van der Waals surface area (Å²) >= 11 is 3.53. The van der Waals surface area contributed by atoms with Gasteiger partial charge in [0.25, 0.3) is 0 Å². The minimum atomic E-state index is 0.258. The van der Waals surface area contributed by atoms with E-state index in [2.05, 4.69) is 20.9 Å². The molecule has 0 amide bonds. The number of pyridine rings is 1. The summed E-state index contributed by atoms with van der Waals surface area (Å²) in [6.07, 6.45) is 1.85. The van der Waals surface area contributed by atoms with E-state index in [1.54, 1.807) is 12.1 Å². The van der Waals surface area contributed by atoms with E-state index in [9.17, 15) is 5.11 Å². The van der Waals surface area contributed by atoms with Crippen LogP contribution in [0.25, 0.3) is 22.0 Å². The minimum absolute atomic E-state index is 0.258. The van der Waals surface area contributed by atoms with Crippen molar-refractivity contribution in [2.24, 2.45) is 0 Å². The summed E-state index contributed by atoms with van der Waals surface area (Å²) in [5, 5.41) is 10.4. The monoisotopic (exact) mass is 299 g/mol. The van der Waals surface area contributed by atoms with Gasteiger partial charge in [-0.2, -0.15) is 0 Å². The maximum Gasteiger partial charge on any atom is 0.116 e. The van der Waals surface area contributed by atoms with Crippen LogP contribution in [0, 0.1) is 0 Å². The molecule has 1 heterocycles. The number of nitrogens with zero attached hydrogens (tertiary/aromatic N) is 1. The highest BCUT2D eigenvalue weighted by atomic mass is 79.9. The van der Waals surface area contributed by atoms with Crippen LogP contribution in [-0.4, -0.2) is 10.1 Å². The molecule has 0 aliphatic rings. The lowest BCUT2D eigenvalue weighted by Gasteiger charge is -2.06. The molecule has 3 rings (SSSR count). The highest BCUT2D eigenvalue weighted by molar-refractivity contribution is 9.10. The Labute approximate surface area is 113 Å². The van der Waals surface area contributed by atoms with Gasteiger partial charge in [-0.05, 0) is 35.9 Å². The predicted octanol–water partition coefficient (Wildman–Crippen LogP) is 4.37. The molecule has 88 valence electrons. The summed E-state index contributed by atoms with van der Waals surface area (Å²) in [4.78, 5) is 4.41. The van der Waals surface area contributed by atoms with Crippen LogP contribution in [0.4, 0.5) is 0 Å². The molecule has 1 N–H and O–H groups in total. The Morgan fingerprint density at radius 2 is 1.83 bits per heavy atom. The van der Waals surface area contributed by atoms with Gasteiger partial charge in [0.15, 0.2) is 0 Å². The van der Waals surface area contributed by atoms with E-state index in [0.717, 1.165) is 26.5 Å². The number of aromatic hydroxyl groups is 1. The number of phenols is 1. The summed E-state index contributed by atoms with van der Waals surface area (Å²) in [5.41, 5.74) is 3.00. The predicted molar refractivity (Wildman–Crippen MR) is 76.5 cm³/mol. The molecule has 0 radical (unpaired) electrons. The number of phenolic OH excluding ortho intramolecular Hbond substituents is 1. The maximum atomic E-state index is 9.51.